The van der Waals surface area contributed by atoms with Crippen LogP contribution in [0.5, 0.6) is 11.5 Å². The molecule has 0 atom stereocenters. The fraction of sp³-hybridized carbons (Fsp3) is 0.318. The number of aromatic nitrogens is 1. The third kappa shape index (κ3) is 4.24. The van der Waals surface area contributed by atoms with E-state index >= 15 is 0 Å². The van der Waals surface area contributed by atoms with Crippen molar-refractivity contribution in [2.75, 3.05) is 13.4 Å². The second-order valence-corrected chi connectivity index (χ2v) is 9.49. The van der Waals surface area contributed by atoms with E-state index in [4.69, 9.17) is 8.92 Å². The van der Waals surface area contributed by atoms with Gasteiger partial charge in [0.2, 0.25) is 0 Å². The molecule has 164 valence electrons. The molecular weight excluding hydrogens is 418 g/mol. The summed E-state index contributed by atoms with van der Waals surface area (Å²) in [6.45, 7) is 5.12. The standard InChI is InChI=1S/C22H25N3O5S/c1-12(2)23-10-13-5-6-17-14(7-13)8-18(25-17)15-9-19(29-3)21(30-31(4,27)28)16-11-24-22(26)20(15)16/h5-9,12,23,25H,10-11H2,1-4H3,(H,24,26). The molecule has 1 amide bonds. The molecule has 4 rings (SSSR count). The first-order valence-corrected chi connectivity index (χ1v) is 11.7. The number of ether oxygens (including phenoxy) is 1. The van der Waals surface area contributed by atoms with Crippen molar-refractivity contribution >= 4 is 26.9 Å². The number of benzene rings is 2. The van der Waals surface area contributed by atoms with E-state index in [9.17, 15) is 13.2 Å². The minimum absolute atomic E-state index is 0.0419. The van der Waals surface area contributed by atoms with Gasteiger partial charge in [0, 0.05) is 46.9 Å². The molecule has 2 heterocycles. The molecule has 0 spiro atoms. The van der Waals surface area contributed by atoms with E-state index in [2.05, 4.69) is 41.6 Å². The summed E-state index contributed by atoms with van der Waals surface area (Å²) in [6.07, 6.45) is 0.959. The lowest BCUT2D eigenvalue weighted by molar-refractivity contribution is 0.0966. The summed E-state index contributed by atoms with van der Waals surface area (Å²) >= 11 is 0. The minimum Gasteiger partial charge on any atom is -0.493 e. The van der Waals surface area contributed by atoms with E-state index in [1.165, 1.54) is 7.11 Å². The Labute approximate surface area is 181 Å². The van der Waals surface area contributed by atoms with Gasteiger partial charge in [0.15, 0.2) is 11.5 Å². The zero-order valence-electron chi connectivity index (χ0n) is 17.8. The van der Waals surface area contributed by atoms with Crippen molar-refractivity contribution in [3.8, 4) is 22.8 Å². The SMILES string of the molecule is COc1cc(-c2cc3cc(CNC(C)C)ccc3[nH]2)c2c(c1OS(C)(=O)=O)CNC2=O. The van der Waals surface area contributed by atoms with E-state index in [0.29, 0.717) is 22.7 Å². The molecule has 8 nitrogen and oxygen atoms in total. The maximum absolute atomic E-state index is 12.6. The van der Waals surface area contributed by atoms with Crippen molar-refractivity contribution in [2.45, 2.75) is 33.0 Å². The summed E-state index contributed by atoms with van der Waals surface area (Å²) in [5.74, 6) is 0.00268. The van der Waals surface area contributed by atoms with Crippen LogP contribution in [0.4, 0.5) is 0 Å². The normalized spacial score (nSPS) is 13.5. The van der Waals surface area contributed by atoms with Crippen LogP contribution in [0.3, 0.4) is 0 Å². The summed E-state index contributed by atoms with van der Waals surface area (Å²) in [4.78, 5) is 16.0. The molecule has 0 aliphatic carbocycles. The molecule has 9 heteroatoms. The molecular formula is C22H25N3O5S. The van der Waals surface area contributed by atoms with Crippen LogP contribution in [0.1, 0.15) is 35.3 Å². The van der Waals surface area contributed by atoms with Gasteiger partial charge in [-0.15, -0.1) is 0 Å². The highest BCUT2D eigenvalue weighted by Crippen LogP contribution is 2.43. The number of hydrogen-bond acceptors (Lipinski definition) is 6. The zero-order chi connectivity index (χ0) is 22.3. The fourth-order valence-corrected chi connectivity index (χ4v) is 4.23. The topological polar surface area (TPSA) is 110 Å². The first kappa shape index (κ1) is 21.2. The highest BCUT2D eigenvalue weighted by atomic mass is 32.2. The molecule has 0 saturated carbocycles. The summed E-state index contributed by atoms with van der Waals surface area (Å²) in [5, 5.41) is 7.17. The van der Waals surface area contributed by atoms with E-state index in [1.807, 2.05) is 12.1 Å². The van der Waals surface area contributed by atoms with E-state index in [1.54, 1.807) is 6.07 Å². The number of aromatic amines is 1. The Balaban J connectivity index is 1.83. The van der Waals surface area contributed by atoms with Crippen LogP contribution >= 0.6 is 0 Å². The van der Waals surface area contributed by atoms with Crippen LogP contribution < -0.4 is 19.6 Å². The maximum atomic E-state index is 12.6. The third-order valence-corrected chi connectivity index (χ3v) is 5.61. The largest absolute Gasteiger partial charge is 0.493 e. The molecule has 0 saturated heterocycles. The smallest absolute Gasteiger partial charge is 0.306 e. The average molecular weight is 444 g/mol. The fourth-order valence-electron chi connectivity index (χ4n) is 3.74. The lowest BCUT2D eigenvalue weighted by Gasteiger charge is -2.15. The first-order chi connectivity index (χ1) is 14.7. The minimum atomic E-state index is -3.80. The zero-order valence-corrected chi connectivity index (χ0v) is 18.6. The lowest BCUT2D eigenvalue weighted by Crippen LogP contribution is -2.21. The number of carbonyl (C=O) groups is 1. The molecule has 3 N–H and O–H groups in total. The summed E-state index contributed by atoms with van der Waals surface area (Å²) < 4.78 is 34.1. The Morgan fingerprint density at radius 2 is 1.97 bits per heavy atom. The number of amides is 1. The molecule has 0 unspecified atom stereocenters. The van der Waals surface area contributed by atoms with Gasteiger partial charge in [0.05, 0.1) is 18.9 Å². The molecule has 1 aliphatic rings. The maximum Gasteiger partial charge on any atom is 0.306 e. The van der Waals surface area contributed by atoms with E-state index in [-0.39, 0.29) is 24.0 Å². The summed E-state index contributed by atoms with van der Waals surface area (Å²) in [7, 11) is -2.36. The quantitative estimate of drug-likeness (QED) is 0.485. The number of rotatable bonds is 7. The van der Waals surface area contributed by atoms with Crippen LogP contribution in [-0.2, 0) is 23.2 Å². The van der Waals surface area contributed by atoms with Crippen molar-refractivity contribution in [1.29, 1.82) is 0 Å². The number of carbonyl (C=O) groups excluding carboxylic acids is 1. The predicted octanol–water partition coefficient (Wildman–Crippen LogP) is 2.92. The molecule has 1 aromatic heterocycles. The highest BCUT2D eigenvalue weighted by molar-refractivity contribution is 7.86. The molecule has 0 bridgehead atoms. The van der Waals surface area contributed by atoms with Crippen molar-refractivity contribution < 1.29 is 22.1 Å². The van der Waals surface area contributed by atoms with Crippen LogP contribution in [0.25, 0.3) is 22.2 Å². The van der Waals surface area contributed by atoms with Crippen molar-refractivity contribution in [2.24, 2.45) is 0 Å². The number of hydrogen-bond donors (Lipinski definition) is 3. The Morgan fingerprint density at radius 3 is 2.65 bits per heavy atom. The van der Waals surface area contributed by atoms with Crippen LogP contribution in [0, 0.1) is 0 Å². The van der Waals surface area contributed by atoms with E-state index in [0.717, 1.165) is 35.0 Å². The van der Waals surface area contributed by atoms with Gasteiger partial charge in [0.1, 0.15) is 0 Å². The van der Waals surface area contributed by atoms with Gasteiger partial charge < -0.3 is 24.5 Å². The third-order valence-electron chi connectivity index (χ3n) is 5.14. The van der Waals surface area contributed by atoms with Crippen LogP contribution in [0.15, 0.2) is 30.3 Å². The first-order valence-electron chi connectivity index (χ1n) is 9.93. The molecule has 1 aliphatic heterocycles. The second-order valence-electron chi connectivity index (χ2n) is 7.92. The van der Waals surface area contributed by atoms with Crippen LogP contribution in [0.2, 0.25) is 0 Å². The Morgan fingerprint density at radius 1 is 1.19 bits per heavy atom. The van der Waals surface area contributed by atoms with Gasteiger partial charge >= 0.3 is 10.1 Å². The van der Waals surface area contributed by atoms with Crippen LogP contribution in [-0.4, -0.2) is 38.7 Å². The number of H-pyrrole nitrogens is 1. The molecule has 0 fully saturated rings. The highest BCUT2D eigenvalue weighted by Gasteiger charge is 2.31. The van der Waals surface area contributed by atoms with E-state index < -0.39 is 10.1 Å². The molecule has 3 aromatic rings. The number of fused-ring (bicyclic) bond motifs is 2. The van der Waals surface area contributed by atoms with Gasteiger partial charge in [-0.2, -0.15) is 8.42 Å². The Kier molecular flexibility index (Phi) is 5.40. The van der Waals surface area contributed by atoms with Crippen molar-refractivity contribution in [3.63, 3.8) is 0 Å². The molecule has 31 heavy (non-hydrogen) atoms. The monoisotopic (exact) mass is 443 g/mol. The molecule has 0 radical (unpaired) electrons. The molecule has 2 aromatic carbocycles. The Bertz CT molecular complexity index is 1280. The van der Waals surface area contributed by atoms with Gasteiger partial charge in [-0.1, -0.05) is 19.9 Å². The van der Waals surface area contributed by atoms with Crippen molar-refractivity contribution in [3.05, 3.63) is 47.0 Å². The summed E-state index contributed by atoms with van der Waals surface area (Å²) in [6, 6.07) is 10.2. The lowest BCUT2D eigenvalue weighted by atomic mass is 9.98. The number of nitrogens with one attached hydrogen (secondary N) is 3. The van der Waals surface area contributed by atoms with Gasteiger partial charge in [-0.25, -0.2) is 0 Å². The van der Waals surface area contributed by atoms with Gasteiger partial charge in [0.25, 0.3) is 5.91 Å². The van der Waals surface area contributed by atoms with Crippen molar-refractivity contribution in [1.82, 2.24) is 15.6 Å². The summed E-state index contributed by atoms with van der Waals surface area (Å²) in [5.41, 5.74) is 4.30. The second kappa shape index (κ2) is 7.90. The average Bonchev–Trinajstić information content (AvgIpc) is 3.29. The predicted molar refractivity (Wildman–Crippen MR) is 119 cm³/mol. The number of methoxy groups -OCH3 is 1. The van der Waals surface area contributed by atoms with Gasteiger partial charge in [-0.3, -0.25) is 4.79 Å². The Hall–Kier alpha value is -3.04. The van der Waals surface area contributed by atoms with Gasteiger partial charge in [-0.05, 0) is 29.8 Å².